The summed E-state index contributed by atoms with van der Waals surface area (Å²) < 4.78 is 38.3. The molecule has 3 amide bonds. The molecule has 28 nitrogen and oxygen atoms in total. The van der Waals surface area contributed by atoms with Gasteiger partial charge in [0.15, 0.2) is 23.3 Å². The lowest BCUT2D eigenvalue weighted by Gasteiger charge is -2.32. The molecule has 29 heteroatoms. The number of nitrogens with one attached hydrogen (secondary N) is 6. The minimum Gasteiger partial charge on any atom is -0.480 e. The van der Waals surface area contributed by atoms with Crippen LogP contribution in [0.2, 0.25) is 0 Å². The van der Waals surface area contributed by atoms with E-state index in [0.29, 0.717) is 101 Å². The third-order valence-electron chi connectivity index (χ3n) is 22.9. The fourth-order valence-corrected chi connectivity index (χ4v) is 14.3. The predicted octanol–water partition coefficient (Wildman–Crippen LogP) is 17.4. The Morgan fingerprint density at radius 2 is 0.781 bits per heavy atom. The van der Waals surface area contributed by atoms with Crippen LogP contribution in [0.1, 0.15) is 154 Å². The van der Waals surface area contributed by atoms with E-state index in [9.17, 15) is 19.2 Å². The number of carbonyl (C=O) groups is 3. The van der Waals surface area contributed by atoms with E-state index in [2.05, 4.69) is 139 Å². The smallest absolute Gasteiger partial charge is 0.480 e. The van der Waals surface area contributed by atoms with Crippen LogP contribution in [0.4, 0.5) is 63.1 Å². The van der Waals surface area contributed by atoms with Crippen molar-refractivity contribution in [1.82, 2.24) is 40.3 Å². The zero-order chi connectivity index (χ0) is 92.0. The Morgan fingerprint density at radius 3 is 1.14 bits per heavy atom. The Balaban J connectivity index is 0.000000161. The second-order valence-electron chi connectivity index (χ2n) is 35.5. The molecule has 128 heavy (non-hydrogen) atoms. The number of hydrogen-bond donors (Lipinski definition) is 8. The first-order valence-electron chi connectivity index (χ1n) is 42.5. The first kappa shape index (κ1) is 93.5. The molecular formula is C99H116BN17O11. The van der Waals surface area contributed by atoms with Gasteiger partial charge in [-0.3, -0.25) is 19.2 Å². The van der Waals surface area contributed by atoms with Gasteiger partial charge in [-0.2, -0.15) is 0 Å². The molecule has 0 radical (unpaired) electrons. The van der Waals surface area contributed by atoms with E-state index in [1.165, 1.54) is 30.9 Å². The highest BCUT2D eigenvalue weighted by Crippen LogP contribution is 2.40. The molecule has 6 aromatic carbocycles. The lowest BCUT2D eigenvalue weighted by Crippen LogP contribution is -2.41. The van der Waals surface area contributed by atoms with E-state index in [0.717, 1.165) is 105 Å². The van der Waals surface area contributed by atoms with Crippen LogP contribution in [0.15, 0.2) is 206 Å². The molecule has 0 aliphatic carbocycles. The van der Waals surface area contributed by atoms with Crippen LogP contribution in [0, 0.1) is 20.8 Å². The molecule has 0 saturated carbocycles. The standard InChI is InChI=1S/C32H36N6O3.C31H34N6O3.C24H27N3O2.C12H19BN2O3/c1-21-25(7-6-8-26(21)35-30(39)22-9-11-24(12-10-22)32(2,3)4)23-19-27(31(40-5)33-20-23)34-28-13-14-29(37-36-28)38-15-17-41-18-16-38;1-20-24(6-5-7-25(20)34-29(38)21-8-10-23(11-9-21)31(2,3)4)22-18-26(30(39)32-19-22)33-27-12-13-28(36-35-27)37-14-16-40-17-15-37;1-15-19(17-13-20(25)23(29-5)26-14-17)7-6-8-21(15)27-22(28)16-9-11-18(12-10-16)24(2,3)4;1-11(2)12(3,4)18-13(17-11)8-6-9(14)10(16-5)15-7-8/h6-14,19-20H,15-18H2,1-5H3,(H,34,36)(H,35,39);5-13,18-19H,14-17H2,1-4H3,(H,32,39)(H,33,35)(H,34,38);6-14H,25H2,1-5H3,(H,27,28);6-7H,14H2,1-5H3. The van der Waals surface area contributed by atoms with Crippen molar-refractivity contribution in [3.63, 3.8) is 0 Å². The molecule has 12 aromatic rings. The minimum absolute atomic E-state index is 0.0171. The van der Waals surface area contributed by atoms with Crippen LogP contribution in [-0.2, 0) is 35.0 Å². The number of morpholine rings is 2. The van der Waals surface area contributed by atoms with Crippen LogP contribution >= 0.6 is 0 Å². The second kappa shape index (κ2) is 40.4. The molecule has 0 bridgehead atoms. The van der Waals surface area contributed by atoms with Gasteiger partial charge in [0, 0.05) is 107 Å². The first-order chi connectivity index (χ1) is 60.9. The average molecular weight is 1730 g/mol. The summed E-state index contributed by atoms with van der Waals surface area (Å²) >= 11 is 0. The largest absolute Gasteiger partial charge is 0.496 e. The van der Waals surface area contributed by atoms with Crippen LogP contribution in [0.5, 0.6) is 17.6 Å². The molecule has 0 spiro atoms. The highest BCUT2D eigenvalue weighted by Gasteiger charge is 2.52. The first-order valence-corrected chi connectivity index (χ1v) is 42.5. The van der Waals surface area contributed by atoms with Crippen LogP contribution in [0.25, 0.3) is 33.4 Å². The molecule has 9 heterocycles. The van der Waals surface area contributed by atoms with Gasteiger partial charge < -0.3 is 85.8 Å². The summed E-state index contributed by atoms with van der Waals surface area (Å²) in [6.45, 7) is 39.1. The van der Waals surface area contributed by atoms with Crippen LogP contribution in [-0.4, -0.2) is 150 Å². The quantitative estimate of drug-likeness (QED) is 0.0349. The summed E-state index contributed by atoms with van der Waals surface area (Å²) in [6, 6.07) is 55.4. The second-order valence-corrected chi connectivity index (χ2v) is 35.5. The monoisotopic (exact) mass is 1730 g/mol. The van der Waals surface area contributed by atoms with Crippen LogP contribution in [0.3, 0.4) is 0 Å². The Kier molecular flexibility index (Phi) is 29.5. The van der Waals surface area contributed by atoms with Crippen molar-refractivity contribution in [3.8, 4) is 51.0 Å². The van der Waals surface area contributed by atoms with Crippen molar-refractivity contribution in [2.45, 2.75) is 138 Å². The summed E-state index contributed by atoms with van der Waals surface area (Å²) in [5.74, 6) is 3.41. The van der Waals surface area contributed by atoms with Gasteiger partial charge in [0.2, 0.25) is 17.6 Å². The molecule has 6 aromatic heterocycles. The van der Waals surface area contributed by atoms with Crippen molar-refractivity contribution in [2.24, 2.45) is 0 Å². The lowest BCUT2D eigenvalue weighted by molar-refractivity contribution is 0.00578. The van der Waals surface area contributed by atoms with Crippen molar-refractivity contribution >= 4 is 93.4 Å². The molecule has 3 aliphatic rings. The van der Waals surface area contributed by atoms with E-state index in [4.69, 9.17) is 44.5 Å². The molecular weight excluding hydrogens is 1610 g/mol. The third-order valence-corrected chi connectivity index (χ3v) is 22.9. The number of hydrogen-bond acceptors (Lipinski definition) is 24. The summed E-state index contributed by atoms with van der Waals surface area (Å²) in [5, 5.41) is 32.8. The minimum atomic E-state index is -0.448. The summed E-state index contributed by atoms with van der Waals surface area (Å²) in [4.78, 5) is 71.4. The molecule has 0 atom stereocenters. The molecule has 15 rings (SSSR count). The summed E-state index contributed by atoms with van der Waals surface area (Å²) in [7, 11) is 4.20. The number of aromatic amines is 1. The van der Waals surface area contributed by atoms with Crippen molar-refractivity contribution in [3.05, 3.63) is 261 Å². The number of benzene rings is 6. The SMILES string of the molecule is COc1ncc(-c2cccc(NC(=O)c3ccc(C(C)(C)C)cc3)c2C)cc1N.COc1ncc(-c2cccc(NC(=O)c3ccc(C(C)(C)C)cc3)c2C)cc1Nc1ccc(N2CCOCC2)nn1.COc1ncc(B2OC(C)(C)C(C)(C)O2)cc1N.Cc1c(NC(=O)c2ccc(C(C)(C)C)cc2)cccc1-c1c[nH]c(=O)c(Nc2ccc(N3CCOCC3)nn2)c1. The van der Waals surface area contributed by atoms with Gasteiger partial charge in [0.05, 0.1) is 70.3 Å². The summed E-state index contributed by atoms with van der Waals surface area (Å²) in [5.41, 5.74) is 29.3. The number of anilines is 11. The molecule has 666 valence electrons. The number of ether oxygens (including phenoxy) is 5. The van der Waals surface area contributed by atoms with Gasteiger partial charge in [0.1, 0.15) is 11.4 Å². The molecule has 3 aliphatic heterocycles. The van der Waals surface area contributed by atoms with E-state index < -0.39 is 7.12 Å². The Bertz CT molecular complexity index is 5930. The van der Waals surface area contributed by atoms with Crippen molar-refractivity contribution in [2.75, 3.05) is 122 Å². The zero-order valence-electron chi connectivity index (χ0n) is 76.5. The lowest BCUT2D eigenvalue weighted by atomic mass is 9.80. The Hall–Kier alpha value is -13.6. The maximum absolute atomic E-state index is 13.1. The summed E-state index contributed by atoms with van der Waals surface area (Å²) in [6.07, 6.45) is 6.81. The molecule has 3 saturated heterocycles. The molecule has 0 unspecified atom stereocenters. The van der Waals surface area contributed by atoms with Gasteiger partial charge in [0.25, 0.3) is 23.3 Å². The number of aromatic nitrogens is 8. The molecule has 10 N–H and O–H groups in total. The number of rotatable bonds is 19. The number of nitrogen functional groups attached to an aromatic ring is 2. The number of amides is 3. The number of pyridine rings is 4. The number of carbonyl (C=O) groups excluding carboxylic acids is 3. The van der Waals surface area contributed by atoms with Gasteiger partial charge in [-0.1, -0.05) is 135 Å². The van der Waals surface area contributed by atoms with Gasteiger partial charge in [-0.25, -0.2) is 15.0 Å². The maximum atomic E-state index is 13.1. The maximum Gasteiger partial charge on any atom is 0.496 e. The average Bonchev–Trinajstić information content (AvgIpc) is 1.61. The van der Waals surface area contributed by atoms with Crippen molar-refractivity contribution < 1.29 is 47.4 Å². The Labute approximate surface area is 749 Å². The normalized spacial score (nSPS) is 14.1. The highest BCUT2D eigenvalue weighted by atomic mass is 16.7. The van der Waals surface area contributed by atoms with E-state index in [1.54, 1.807) is 50.1 Å². The third kappa shape index (κ3) is 23.2. The van der Waals surface area contributed by atoms with Gasteiger partial charge in [-0.05, 0) is 218 Å². The van der Waals surface area contributed by atoms with Crippen LogP contribution < -0.4 is 73.1 Å². The fraction of sp³-hybridized carbons (Fsp3) is 0.323. The number of H-pyrrole nitrogens is 1. The number of nitrogens with zero attached hydrogens (tertiary/aromatic N) is 9. The topological polar surface area (TPSA) is 358 Å². The molecule has 3 fully saturated rings. The fourth-order valence-electron chi connectivity index (χ4n) is 14.3. The number of nitrogens with two attached hydrogens (primary N) is 2. The number of methoxy groups -OCH3 is 3. The van der Waals surface area contributed by atoms with E-state index in [-0.39, 0.29) is 50.7 Å². The van der Waals surface area contributed by atoms with Gasteiger partial charge >= 0.3 is 7.12 Å². The predicted molar refractivity (Wildman–Crippen MR) is 510 cm³/mol. The van der Waals surface area contributed by atoms with Gasteiger partial charge in [-0.15, -0.1) is 20.4 Å². The van der Waals surface area contributed by atoms with E-state index in [1.807, 2.05) is 206 Å². The Morgan fingerprint density at radius 1 is 0.430 bits per heavy atom. The zero-order valence-corrected chi connectivity index (χ0v) is 76.5. The van der Waals surface area contributed by atoms with E-state index >= 15 is 0 Å². The van der Waals surface area contributed by atoms with Crippen molar-refractivity contribution in [1.29, 1.82) is 0 Å². The highest BCUT2D eigenvalue weighted by molar-refractivity contribution is 6.62.